The Hall–Kier alpha value is -1.46. The molecule has 1 aromatic carbocycles. The molecular formula is C15H18Cl2N2O3. The monoisotopic (exact) mass is 344 g/mol. The van der Waals surface area contributed by atoms with Crippen LogP contribution in [0.4, 0.5) is 0 Å². The van der Waals surface area contributed by atoms with Gasteiger partial charge in [0.05, 0.1) is 10.9 Å². The van der Waals surface area contributed by atoms with E-state index in [0.29, 0.717) is 41.8 Å². The molecule has 1 saturated heterocycles. The summed E-state index contributed by atoms with van der Waals surface area (Å²) in [4.78, 5) is 25.5. The predicted octanol–water partition coefficient (Wildman–Crippen LogP) is 2.36. The van der Waals surface area contributed by atoms with Gasteiger partial charge in [-0.05, 0) is 31.5 Å². The fourth-order valence-corrected chi connectivity index (χ4v) is 2.81. The number of rotatable bonds is 5. The highest BCUT2D eigenvalue weighted by molar-refractivity contribution is 6.35. The van der Waals surface area contributed by atoms with E-state index in [1.165, 1.54) is 0 Å². The molecule has 0 saturated carbocycles. The summed E-state index contributed by atoms with van der Waals surface area (Å²) in [5.41, 5.74) is 0. The fraction of sp³-hybridized carbons (Fsp3) is 0.467. The smallest absolute Gasteiger partial charge is 0.260 e. The highest BCUT2D eigenvalue weighted by atomic mass is 35.5. The van der Waals surface area contributed by atoms with Gasteiger partial charge in [-0.2, -0.15) is 0 Å². The third-order valence-corrected chi connectivity index (χ3v) is 4.04. The van der Waals surface area contributed by atoms with E-state index >= 15 is 0 Å². The number of carbonyl (C=O) groups is 2. The molecule has 0 spiro atoms. The minimum absolute atomic E-state index is 0.000496. The number of likely N-dealkylation sites (tertiary alicyclic amines) is 1. The Bertz CT molecular complexity index is 566. The lowest BCUT2D eigenvalue weighted by atomic mass is 10.1. The van der Waals surface area contributed by atoms with E-state index < -0.39 is 0 Å². The van der Waals surface area contributed by atoms with Crippen molar-refractivity contribution in [1.82, 2.24) is 10.2 Å². The van der Waals surface area contributed by atoms with Crippen LogP contribution < -0.4 is 10.1 Å². The number of benzene rings is 1. The average Bonchev–Trinajstić information content (AvgIpc) is 2.96. The number of hydrogen-bond donors (Lipinski definition) is 1. The van der Waals surface area contributed by atoms with E-state index in [-0.39, 0.29) is 24.3 Å². The molecule has 5 nitrogen and oxygen atoms in total. The molecule has 0 radical (unpaired) electrons. The van der Waals surface area contributed by atoms with Gasteiger partial charge >= 0.3 is 0 Å². The predicted molar refractivity (Wildman–Crippen MR) is 85.3 cm³/mol. The van der Waals surface area contributed by atoms with E-state index in [0.717, 1.165) is 0 Å². The standard InChI is InChI=1S/C15H18Cl2N2O3/c1-2-18-15(21)10-5-6-19(8-10)14(20)9-22-13-4-3-11(16)7-12(13)17/h3-4,7,10H,2,5-6,8-9H2,1H3,(H,18,21). The fourth-order valence-electron chi connectivity index (χ4n) is 2.34. The summed E-state index contributed by atoms with van der Waals surface area (Å²) < 4.78 is 5.43. The number of ether oxygens (including phenoxy) is 1. The highest BCUT2D eigenvalue weighted by Gasteiger charge is 2.30. The Kier molecular flexibility index (Phi) is 5.91. The van der Waals surface area contributed by atoms with Crippen molar-refractivity contribution < 1.29 is 14.3 Å². The van der Waals surface area contributed by atoms with Gasteiger partial charge in [0, 0.05) is 24.7 Å². The van der Waals surface area contributed by atoms with Crippen LogP contribution in [0.5, 0.6) is 5.75 Å². The molecule has 1 N–H and O–H groups in total. The first-order chi connectivity index (χ1) is 10.5. The number of nitrogens with zero attached hydrogens (tertiary/aromatic N) is 1. The second-order valence-corrected chi connectivity index (χ2v) is 5.93. The molecule has 1 aliphatic rings. The van der Waals surface area contributed by atoms with Gasteiger partial charge in [-0.3, -0.25) is 9.59 Å². The maximum atomic E-state index is 12.1. The van der Waals surface area contributed by atoms with E-state index in [2.05, 4.69) is 5.32 Å². The molecule has 0 bridgehead atoms. The SMILES string of the molecule is CCNC(=O)C1CCN(C(=O)COc2ccc(Cl)cc2Cl)C1. The molecular weight excluding hydrogens is 327 g/mol. The number of hydrogen-bond acceptors (Lipinski definition) is 3. The molecule has 22 heavy (non-hydrogen) atoms. The number of nitrogens with one attached hydrogen (secondary N) is 1. The van der Waals surface area contributed by atoms with Gasteiger partial charge in [0.15, 0.2) is 6.61 Å². The van der Waals surface area contributed by atoms with Crippen molar-refractivity contribution in [2.45, 2.75) is 13.3 Å². The number of amides is 2. The van der Waals surface area contributed by atoms with Crippen molar-refractivity contribution in [3.8, 4) is 5.75 Å². The first kappa shape index (κ1) is 16.9. The topological polar surface area (TPSA) is 58.6 Å². The Morgan fingerprint density at radius 2 is 2.18 bits per heavy atom. The molecule has 1 heterocycles. The minimum atomic E-state index is -0.155. The quantitative estimate of drug-likeness (QED) is 0.891. The minimum Gasteiger partial charge on any atom is -0.482 e. The summed E-state index contributed by atoms with van der Waals surface area (Å²) in [6.07, 6.45) is 0.680. The van der Waals surface area contributed by atoms with Crippen molar-refractivity contribution in [3.63, 3.8) is 0 Å². The third-order valence-electron chi connectivity index (χ3n) is 3.51. The van der Waals surface area contributed by atoms with Gasteiger partial charge in [-0.25, -0.2) is 0 Å². The summed E-state index contributed by atoms with van der Waals surface area (Å²) in [6, 6.07) is 4.83. The molecule has 2 rings (SSSR count). The van der Waals surface area contributed by atoms with Crippen molar-refractivity contribution in [3.05, 3.63) is 28.2 Å². The normalized spacial score (nSPS) is 17.4. The second kappa shape index (κ2) is 7.70. The van der Waals surface area contributed by atoms with Crippen LogP contribution in [-0.4, -0.2) is 43.0 Å². The lowest BCUT2D eigenvalue weighted by Gasteiger charge is -2.17. The maximum absolute atomic E-state index is 12.1. The zero-order valence-electron chi connectivity index (χ0n) is 12.3. The second-order valence-electron chi connectivity index (χ2n) is 5.08. The molecule has 2 amide bonds. The molecule has 0 aliphatic carbocycles. The van der Waals surface area contributed by atoms with Crippen molar-refractivity contribution >= 4 is 35.0 Å². The average molecular weight is 345 g/mol. The van der Waals surface area contributed by atoms with E-state index in [1.54, 1.807) is 23.1 Å². The molecule has 0 aromatic heterocycles. The molecule has 120 valence electrons. The van der Waals surface area contributed by atoms with Gasteiger partial charge in [-0.1, -0.05) is 23.2 Å². The molecule has 7 heteroatoms. The zero-order valence-corrected chi connectivity index (χ0v) is 13.8. The summed E-state index contributed by atoms with van der Waals surface area (Å²) >= 11 is 11.8. The van der Waals surface area contributed by atoms with Gasteiger partial charge in [0.2, 0.25) is 5.91 Å². The first-order valence-corrected chi connectivity index (χ1v) is 7.90. The lowest BCUT2D eigenvalue weighted by Crippen LogP contribution is -2.36. The summed E-state index contributed by atoms with van der Waals surface area (Å²) in [7, 11) is 0. The Morgan fingerprint density at radius 1 is 1.41 bits per heavy atom. The Labute approximate surface area is 139 Å². The van der Waals surface area contributed by atoms with Crippen LogP contribution in [0.3, 0.4) is 0 Å². The summed E-state index contributed by atoms with van der Waals surface area (Å²) in [5, 5.41) is 3.65. The van der Waals surface area contributed by atoms with Gasteiger partial charge in [0.25, 0.3) is 5.91 Å². The summed E-state index contributed by atoms with van der Waals surface area (Å²) in [6.45, 7) is 3.37. The van der Waals surface area contributed by atoms with Crippen molar-refractivity contribution in [1.29, 1.82) is 0 Å². The molecule has 1 unspecified atom stereocenters. The number of halogens is 2. The highest BCUT2D eigenvalue weighted by Crippen LogP contribution is 2.27. The molecule has 1 atom stereocenters. The number of carbonyl (C=O) groups excluding carboxylic acids is 2. The maximum Gasteiger partial charge on any atom is 0.260 e. The molecule has 1 fully saturated rings. The van der Waals surface area contributed by atoms with Gasteiger partial charge in [0.1, 0.15) is 5.75 Å². The summed E-state index contributed by atoms with van der Waals surface area (Å²) in [5.74, 6) is 0.124. The molecule has 1 aliphatic heterocycles. The van der Waals surface area contributed by atoms with Crippen LogP contribution >= 0.6 is 23.2 Å². The molecule has 1 aromatic rings. The van der Waals surface area contributed by atoms with Crippen LogP contribution in [0.2, 0.25) is 10.0 Å². The van der Waals surface area contributed by atoms with Crippen LogP contribution in [0.15, 0.2) is 18.2 Å². The van der Waals surface area contributed by atoms with Crippen molar-refractivity contribution in [2.24, 2.45) is 5.92 Å². The third kappa shape index (κ3) is 4.27. The van der Waals surface area contributed by atoms with E-state index in [1.807, 2.05) is 6.92 Å². The van der Waals surface area contributed by atoms with Crippen molar-refractivity contribution in [2.75, 3.05) is 26.2 Å². The van der Waals surface area contributed by atoms with Gasteiger partial charge in [-0.15, -0.1) is 0 Å². The van der Waals surface area contributed by atoms with Crippen LogP contribution in [0.1, 0.15) is 13.3 Å². The Balaban J connectivity index is 1.84. The first-order valence-electron chi connectivity index (χ1n) is 7.14. The zero-order chi connectivity index (χ0) is 16.1. The Morgan fingerprint density at radius 3 is 2.86 bits per heavy atom. The van der Waals surface area contributed by atoms with Crippen LogP contribution in [0, 0.1) is 5.92 Å². The van der Waals surface area contributed by atoms with Gasteiger partial charge < -0.3 is 15.0 Å². The van der Waals surface area contributed by atoms with Crippen LogP contribution in [0.25, 0.3) is 0 Å². The largest absolute Gasteiger partial charge is 0.482 e. The van der Waals surface area contributed by atoms with E-state index in [4.69, 9.17) is 27.9 Å². The van der Waals surface area contributed by atoms with Crippen LogP contribution in [-0.2, 0) is 9.59 Å². The van der Waals surface area contributed by atoms with E-state index in [9.17, 15) is 9.59 Å². The lowest BCUT2D eigenvalue weighted by molar-refractivity contribution is -0.132.